The standard InChI is InChI=1S/C25H19F3N4OS/c26-25(27,28)16-7-5-8-17(15-16)31-14-6-11-20(31)23-22(18-9-3-4-13-29-18)30-24(34)32(23)19-10-1-2-12-21(19)33/h1-15,22-23,33H,(H,30,34)/t22-,23-/m1/s1. The lowest BCUT2D eigenvalue weighted by atomic mass is 10.0. The predicted molar refractivity (Wildman–Crippen MR) is 127 cm³/mol. The van der Waals surface area contributed by atoms with Crippen molar-refractivity contribution in [1.29, 1.82) is 0 Å². The van der Waals surface area contributed by atoms with E-state index in [0.29, 0.717) is 27.9 Å². The molecule has 1 fully saturated rings. The van der Waals surface area contributed by atoms with Gasteiger partial charge in [-0.3, -0.25) is 4.98 Å². The minimum atomic E-state index is -4.46. The van der Waals surface area contributed by atoms with Crippen LogP contribution in [0.4, 0.5) is 18.9 Å². The number of nitrogens with one attached hydrogen (secondary N) is 1. The van der Waals surface area contributed by atoms with E-state index in [-0.39, 0.29) is 5.75 Å². The smallest absolute Gasteiger partial charge is 0.416 e. The number of nitrogens with zero attached hydrogens (tertiary/aromatic N) is 3. The molecule has 5 nitrogen and oxygen atoms in total. The predicted octanol–water partition coefficient (Wildman–Crippen LogP) is 5.77. The van der Waals surface area contributed by atoms with Crippen LogP contribution in [-0.2, 0) is 6.18 Å². The van der Waals surface area contributed by atoms with Gasteiger partial charge in [0.15, 0.2) is 5.11 Å². The van der Waals surface area contributed by atoms with Gasteiger partial charge in [-0.05, 0) is 66.8 Å². The monoisotopic (exact) mass is 480 g/mol. The van der Waals surface area contributed by atoms with E-state index in [9.17, 15) is 18.3 Å². The van der Waals surface area contributed by atoms with Crippen molar-refractivity contribution in [2.24, 2.45) is 0 Å². The van der Waals surface area contributed by atoms with Gasteiger partial charge in [-0.15, -0.1) is 0 Å². The summed E-state index contributed by atoms with van der Waals surface area (Å²) in [5.74, 6) is 0.0375. The van der Waals surface area contributed by atoms with Crippen LogP contribution in [0.2, 0.25) is 0 Å². The van der Waals surface area contributed by atoms with Crippen molar-refractivity contribution < 1.29 is 18.3 Å². The zero-order valence-corrected chi connectivity index (χ0v) is 18.5. The van der Waals surface area contributed by atoms with Gasteiger partial charge in [-0.1, -0.05) is 24.3 Å². The summed E-state index contributed by atoms with van der Waals surface area (Å²) in [5, 5.41) is 14.3. The molecule has 1 aliphatic rings. The summed E-state index contributed by atoms with van der Waals surface area (Å²) in [6.45, 7) is 0. The van der Waals surface area contributed by atoms with Crippen molar-refractivity contribution in [2.75, 3.05) is 4.90 Å². The van der Waals surface area contributed by atoms with Crippen LogP contribution in [0.1, 0.15) is 29.0 Å². The molecule has 1 aliphatic heterocycles. The van der Waals surface area contributed by atoms with Crippen molar-refractivity contribution in [1.82, 2.24) is 14.9 Å². The molecule has 1 saturated heterocycles. The summed E-state index contributed by atoms with van der Waals surface area (Å²) >= 11 is 5.66. The molecule has 2 aromatic carbocycles. The van der Waals surface area contributed by atoms with Crippen molar-refractivity contribution in [3.63, 3.8) is 0 Å². The second-order valence-corrected chi connectivity index (χ2v) is 8.22. The maximum atomic E-state index is 13.4. The number of rotatable bonds is 4. The summed E-state index contributed by atoms with van der Waals surface area (Å²) in [5.41, 5.74) is 1.52. The first-order valence-corrected chi connectivity index (χ1v) is 10.9. The highest BCUT2D eigenvalue weighted by Crippen LogP contribution is 2.44. The summed E-state index contributed by atoms with van der Waals surface area (Å²) in [6, 6.07) is 20.2. The van der Waals surface area contributed by atoms with E-state index in [2.05, 4.69) is 10.3 Å². The number of hydrogen-bond acceptors (Lipinski definition) is 3. The van der Waals surface area contributed by atoms with E-state index in [4.69, 9.17) is 12.2 Å². The van der Waals surface area contributed by atoms with Gasteiger partial charge in [0.25, 0.3) is 0 Å². The highest BCUT2D eigenvalue weighted by molar-refractivity contribution is 7.80. The molecule has 4 aromatic rings. The first-order chi connectivity index (χ1) is 16.3. The number of hydrogen-bond donors (Lipinski definition) is 2. The van der Waals surface area contributed by atoms with Gasteiger partial charge in [-0.25, -0.2) is 0 Å². The number of phenols is 1. The third-order valence-corrected chi connectivity index (χ3v) is 6.09. The number of aromatic hydroxyl groups is 1. The lowest BCUT2D eigenvalue weighted by Crippen LogP contribution is -2.30. The molecule has 0 bridgehead atoms. The number of benzene rings is 2. The molecule has 0 saturated carbocycles. The number of pyridine rings is 1. The van der Waals surface area contributed by atoms with Gasteiger partial charge in [0.1, 0.15) is 11.8 Å². The Morgan fingerprint density at radius 3 is 2.47 bits per heavy atom. The van der Waals surface area contributed by atoms with Gasteiger partial charge in [0, 0.05) is 23.8 Å². The van der Waals surface area contributed by atoms with Crippen LogP contribution in [0.5, 0.6) is 5.75 Å². The van der Waals surface area contributed by atoms with E-state index < -0.39 is 23.8 Å². The fraction of sp³-hybridized carbons (Fsp3) is 0.120. The molecule has 3 heterocycles. The topological polar surface area (TPSA) is 53.3 Å². The lowest BCUT2D eigenvalue weighted by Gasteiger charge is -2.29. The summed E-state index contributed by atoms with van der Waals surface area (Å²) in [4.78, 5) is 6.27. The fourth-order valence-electron chi connectivity index (χ4n) is 4.29. The number of alkyl halides is 3. The summed E-state index contributed by atoms with van der Waals surface area (Å²) in [7, 11) is 0. The third kappa shape index (κ3) is 3.88. The van der Waals surface area contributed by atoms with Crippen molar-refractivity contribution in [2.45, 2.75) is 18.3 Å². The van der Waals surface area contributed by atoms with E-state index in [1.165, 1.54) is 6.07 Å². The van der Waals surface area contributed by atoms with E-state index in [1.807, 2.05) is 18.2 Å². The number of halogens is 3. The Morgan fingerprint density at radius 2 is 1.74 bits per heavy atom. The zero-order valence-electron chi connectivity index (χ0n) is 17.6. The van der Waals surface area contributed by atoms with Crippen LogP contribution in [0.25, 0.3) is 5.69 Å². The molecule has 0 spiro atoms. The second kappa shape index (κ2) is 8.49. The van der Waals surface area contributed by atoms with Crippen LogP contribution >= 0.6 is 12.2 Å². The van der Waals surface area contributed by atoms with Crippen LogP contribution in [0, 0.1) is 0 Å². The number of para-hydroxylation sites is 2. The minimum absolute atomic E-state index is 0.0375. The van der Waals surface area contributed by atoms with Crippen molar-refractivity contribution in [3.8, 4) is 11.4 Å². The number of anilines is 1. The Balaban J connectivity index is 1.68. The fourth-order valence-corrected chi connectivity index (χ4v) is 4.62. The average molecular weight is 481 g/mol. The molecule has 9 heteroatoms. The van der Waals surface area contributed by atoms with Gasteiger partial charge in [-0.2, -0.15) is 13.2 Å². The molecule has 2 N–H and O–H groups in total. The first-order valence-electron chi connectivity index (χ1n) is 10.5. The van der Waals surface area contributed by atoms with Crippen molar-refractivity contribution in [3.05, 3.63) is 108 Å². The maximum absolute atomic E-state index is 13.4. The molecule has 0 radical (unpaired) electrons. The quantitative estimate of drug-likeness (QED) is 0.363. The maximum Gasteiger partial charge on any atom is 0.416 e. The van der Waals surface area contributed by atoms with Crippen LogP contribution < -0.4 is 10.2 Å². The molecule has 0 aliphatic carbocycles. The average Bonchev–Trinajstić information content (AvgIpc) is 3.44. The number of aromatic nitrogens is 2. The zero-order chi connectivity index (χ0) is 23.9. The Morgan fingerprint density at radius 1 is 0.941 bits per heavy atom. The minimum Gasteiger partial charge on any atom is -0.506 e. The van der Waals surface area contributed by atoms with Crippen LogP contribution in [0.3, 0.4) is 0 Å². The molecule has 0 amide bonds. The van der Waals surface area contributed by atoms with E-state index in [0.717, 1.165) is 12.1 Å². The van der Waals surface area contributed by atoms with E-state index in [1.54, 1.807) is 64.3 Å². The Hall–Kier alpha value is -3.85. The normalized spacial score (nSPS) is 18.2. The Bertz CT molecular complexity index is 1340. The molecule has 5 rings (SSSR count). The lowest BCUT2D eigenvalue weighted by molar-refractivity contribution is -0.137. The van der Waals surface area contributed by atoms with E-state index >= 15 is 0 Å². The molecule has 2 aromatic heterocycles. The van der Waals surface area contributed by atoms with Crippen LogP contribution in [0.15, 0.2) is 91.3 Å². The van der Waals surface area contributed by atoms with Crippen LogP contribution in [-0.4, -0.2) is 19.8 Å². The number of thiocarbonyl (C=S) groups is 1. The molecule has 0 unspecified atom stereocenters. The Kier molecular flexibility index (Phi) is 5.49. The molecular formula is C25H19F3N4OS. The van der Waals surface area contributed by atoms with Gasteiger partial charge in [0.2, 0.25) is 0 Å². The molecular weight excluding hydrogens is 461 g/mol. The largest absolute Gasteiger partial charge is 0.506 e. The molecule has 172 valence electrons. The summed E-state index contributed by atoms with van der Waals surface area (Å²) in [6.07, 6.45) is -1.07. The Labute approximate surface area is 199 Å². The SMILES string of the molecule is Oc1ccccc1N1C(=S)N[C@H](c2ccccn2)[C@H]1c1cccn1-c1cccc(C(F)(F)F)c1. The van der Waals surface area contributed by atoms with Gasteiger partial charge >= 0.3 is 6.18 Å². The third-order valence-electron chi connectivity index (χ3n) is 5.77. The molecule has 34 heavy (non-hydrogen) atoms. The molecule has 2 atom stereocenters. The van der Waals surface area contributed by atoms with Crippen molar-refractivity contribution >= 4 is 23.0 Å². The highest BCUT2D eigenvalue weighted by atomic mass is 32.1. The first kappa shape index (κ1) is 22.0. The second-order valence-electron chi connectivity index (χ2n) is 7.84. The number of phenolic OH excluding ortho intramolecular Hbond substituents is 1. The highest BCUT2D eigenvalue weighted by Gasteiger charge is 2.43. The van der Waals surface area contributed by atoms with Gasteiger partial charge in [0.05, 0.1) is 23.0 Å². The summed E-state index contributed by atoms with van der Waals surface area (Å²) < 4.78 is 41.9. The van der Waals surface area contributed by atoms with Gasteiger partial charge < -0.3 is 19.9 Å².